The van der Waals surface area contributed by atoms with Gasteiger partial charge in [0.2, 0.25) is 6.29 Å². The maximum absolute atomic E-state index is 11.1. The molecule has 94 valence electrons. The normalized spacial score (nSPS) is 11.7. The van der Waals surface area contributed by atoms with Crippen molar-refractivity contribution in [2.75, 3.05) is 19.5 Å². The molecule has 0 fully saturated rings. The molecule has 6 heteroatoms. The molecule has 17 heavy (non-hydrogen) atoms. The molecular formula is C11H14BrNO4. The molecule has 0 aliphatic carbocycles. The van der Waals surface area contributed by atoms with E-state index in [1.807, 2.05) is 0 Å². The van der Waals surface area contributed by atoms with Crippen LogP contribution >= 0.6 is 15.9 Å². The molecule has 0 radical (unpaired) electrons. The molecule has 0 saturated carbocycles. The minimum atomic E-state index is -0.547. The van der Waals surface area contributed by atoms with Gasteiger partial charge in [-0.1, -0.05) is 28.1 Å². The molecule has 0 aromatic heterocycles. The highest BCUT2D eigenvalue weighted by molar-refractivity contribution is 9.09. The monoisotopic (exact) mass is 303 g/mol. The average molecular weight is 304 g/mol. The largest absolute Gasteiger partial charge is 0.460 e. The molecule has 1 rings (SSSR count). The van der Waals surface area contributed by atoms with Crippen LogP contribution in [0.25, 0.3) is 0 Å². The van der Waals surface area contributed by atoms with Crippen molar-refractivity contribution in [2.45, 2.75) is 6.29 Å². The highest BCUT2D eigenvalue weighted by Gasteiger charge is 2.13. The number of nitrogens with one attached hydrogen (secondary N) is 1. The van der Waals surface area contributed by atoms with Crippen LogP contribution in [0.5, 0.6) is 11.5 Å². The van der Waals surface area contributed by atoms with Crippen molar-refractivity contribution in [1.82, 2.24) is 5.32 Å². The molecule has 0 saturated heterocycles. The summed E-state index contributed by atoms with van der Waals surface area (Å²) in [5, 5.41) is 2.88. The van der Waals surface area contributed by atoms with Crippen LogP contribution in [-0.2, 0) is 4.74 Å². The molecule has 1 N–H and O–H groups in total. The first-order valence-corrected chi connectivity index (χ1v) is 6.07. The Labute approximate surface area is 108 Å². The van der Waals surface area contributed by atoms with E-state index in [1.54, 1.807) is 24.3 Å². The number of hydrogen-bond acceptors (Lipinski definition) is 4. The number of ether oxygens (including phenoxy) is 3. The van der Waals surface area contributed by atoms with Gasteiger partial charge in [0.1, 0.15) is 0 Å². The van der Waals surface area contributed by atoms with Crippen LogP contribution in [0, 0.1) is 0 Å². The molecule has 1 aromatic rings. The zero-order chi connectivity index (χ0) is 12.7. The number of hydrogen-bond donors (Lipinski definition) is 1. The van der Waals surface area contributed by atoms with Crippen molar-refractivity contribution in [3.63, 3.8) is 0 Å². The predicted octanol–water partition coefficient (Wildman–Crippen LogP) is 2.15. The summed E-state index contributed by atoms with van der Waals surface area (Å²) in [5.41, 5.74) is 0. The lowest BCUT2D eigenvalue weighted by molar-refractivity contribution is -0.0347. The number of alkyl halides is 1. The van der Waals surface area contributed by atoms with Crippen molar-refractivity contribution in [1.29, 1.82) is 0 Å². The number of benzene rings is 1. The summed E-state index contributed by atoms with van der Waals surface area (Å²) in [6.07, 6.45) is -0.988. The Morgan fingerprint density at radius 1 is 1.41 bits per heavy atom. The molecule has 1 atom stereocenters. The Morgan fingerprint density at radius 2 is 2.06 bits per heavy atom. The first-order valence-electron chi connectivity index (χ1n) is 4.95. The van der Waals surface area contributed by atoms with E-state index >= 15 is 0 Å². The highest BCUT2D eigenvalue weighted by Crippen LogP contribution is 2.27. The van der Waals surface area contributed by atoms with Crippen LogP contribution in [-0.4, -0.2) is 31.9 Å². The third kappa shape index (κ3) is 4.24. The van der Waals surface area contributed by atoms with Crippen molar-refractivity contribution < 1.29 is 19.0 Å². The summed E-state index contributed by atoms with van der Waals surface area (Å²) < 4.78 is 15.6. The smallest absolute Gasteiger partial charge is 0.412 e. The molecule has 5 nitrogen and oxygen atoms in total. The van der Waals surface area contributed by atoms with Gasteiger partial charge in [-0.2, -0.15) is 0 Å². The Bertz CT molecular complexity index is 368. The van der Waals surface area contributed by atoms with Gasteiger partial charge in [-0.3, -0.25) is 0 Å². The summed E-state index contributed by atoms with van der Waals surface area (Å²) >= 11 is 3.25. The number of carbonyl (C=O) groups excluding carboxylic acids is 1. The van der Waals surface area contributed by atoms with E-state index in [-0.39, 0.29) is 0 Å². The standard InChI is InChI=1S/C11H14BrNO4/c1-13-11(14)17-9-6-4-3-5-8(9)16-10(7-12)15-2/h3-6,10H,7H2,1-2H3,(H,13,14). The second kappa shape index (κ2) is 7.13. The van der Waals surface area contributed by atoms with Crippen LogP contribution in [0.4, 0.5) is 4.79 Å². The summed E-state index contributed by atoms with van der Waals surface area (Å²) in [4.78, 5) is 11.1. The van der Waals surface area contributed by atoms with E-state index in [0.717, 1.165) is 0 Å². The quantitative estimate of drug-likeness (QED) is 0.669. The number of amides is 1. The molecule has 1 unspecified atom stereocenters. The van der Waals surface area contributed by atoms with Gasteiger partial charge >= 0.3 is 6.09 Å². The van der Waals surface area contributed by atoms with Crippen LogP contribution in [0.3, 0.4) is 0 Å². The minimum absolute atomic E-state index is 0.342. The van der Waals surface area contributed by atoms with E-state index in [2.05, 4.69) is 21.2 Å². The lowest BCUT2D eigenvalue weighted by atomic mass is 10.3. The second-order valence-corrected chi connectivity index (χ2v) is 3.67. The van der Waals surface area contributed by atoms with E-state index in [0.29, 0.717) is 16.8 Å². The number of rotatable bonds is 5. The summed E-state index contributed by atoms with van der Waals surface area (Å²) in [6, 6.07) is 6.88. The summed E-state index contributed by atoms with van der Waals surface area (Å²) in [7, 11) is 3.02. The van der Waals surface area contributed by atoms with Gasteiger partial charge in [0, 0.05) is 14.2 Å². The maximum atomic E-state index is 11.1. The number of carbonyl (C=O) groups is 1. The van der Waals surface area contributed by atoms with Gasteiger partial charge in [0.25, 0.3) is 0 Å². The maximum Gasteiger partial charge on any atom is 0.412 e. The van der Waals surface area contributed by atoms with Gasteiger partial charge in [-0.25, -0.2) is 4.79 Å². The van der Waals surface area contributed by atoms with Gasteiger partial charge in [-0.15, -0.1) is 0 Å². The second-order valence-electron chi connectivity index (χ2n) is 3.02. The molecule has 0 bridgehead atoms. The molecule has 1 aromatic carbocycles. The number of halogens is 1. The van der Waals surface area contributed by atoms with Crippen molar-refractivity contribution in [2.24, 2.45) is 0 Å². The van der Waals surface area contributed by atoms with Crippen LogP contribution in [0.15, 0.2) is 24.3 Å². The summed E-state index contributed by atoms with van der Waals surface area (Å²) in [5.74, 6) is 0.789. The van der Waals surface area contributed by atoms with Gasteiger partial charge in [0.05, 0.1) is 5.33 Å². The van der Waals surface area contributed by atoms with Crippen LogP contribution in [0.1, 0.15) is 0 Å². The van der Waals surface area contributed by atoms with Crippen molar-refractivity contribution in [3.8, 4) is 11.5 Å². The number of para-hydroxylation sites is 2. The zero-order valence-corrected chi connectivity index (χ0v) is 11.2. The third-order valence-electron chi connectivity index (χ3n) is 1.90. The van der Waals surface area contributed by atoms with E-state index in [9.17, 15) is 4.79 Å². The lowest BCUT2D eigenvalue weighted by Crippen LogP contribution is -2.24. The molecule has 0 aliphatic heterocycles. The highest BCUT2D eigenvalue weighted by atomic mass is 79.9. The Morgan fingerprint density at radius 3 is 2.59 bits per heavy atom. The van der Waals surface area contributed by atoms with Gasteiger partial charge in [0.15, 0.2) is 11.5 Å². The fourth-order valence-electron chi connectivity index (χ4n) is 1.07. The Hall–Kier alpha value is -1.27. The van der Waals surface area contributed by atoms with E-state index in [4.69, 9.17) is 14.2 Å². The fraction of sp³-hybridized carbons (Fsp3) is 0.364. The zero-order valence-electron chi connectivity index (χ0n) is 9.60. The summed E-state index contributed by atoms with van der Waals surface area (Å²) in [6.45, 7) is 0. The third-order valence-corrected chi connectivity index (χ3v) is 2.43. The molecule has 0 spiro atoms. The van der Waals surface area contributed by atoms with Crippen molar-refractivity contribution in [3.05, 3.63) is 24.3 Å². The molecule has 0 heterocycles. The van der Waals surface area contributed by atoms with Crippen molar-refractivity contribution >= 4 is 22.0 Å². The number of methoxy groups -OCH3 is 1. The van der Waals surface area contributed by atoms with Gasteiger partial charge in [-0.05, 0) is 12.1 Å². The Kier molecular flexibility index (Phi) is 5.79. The van der Waals surface area contributed by atoms with Crippen LogP contribution < -0.4 is 14.8 Å². The lowest BCUT2D eigenvalue weighted by Gasteiger charge is -2.17. The molecular weight excluding hydrogens is 290 g/mol. The molecule has 1 amide bonds. The van der Waals surface area contributed by atoms with E-state index < -0.39 is 12.4 Å². The van der Waals surface area contributed by atoms with E-state index in [1.165, 1.54) is 14.2 Å². The first-order chi connectivity index (χ1) is 8.21. The topological polar surface area (TPSA) is 56.8 Å². The Balaban J connectivity index is 2.80. The first kappa shape index (κ1) is 13.8. The molecule has 0 aliphatic rings. The van der Waals surface area contributed by atoms with Crippen LogP contribution in [0.2, 0.25) is 0 Å². The predicted molar refractivity (Wildman–Crippen MR) is 66.7 cm³/mol. The average Bonchev–Trinajstić information content (AvgIpc) is 2.37. The fourth-order valence-corrected chi connectivity index (χ4v) is 1.46. The van der Waals surface area contributed by atoms with Gasteiger partial charge < -0.3 is 19.5 Å². The minimum Gasteiger partial charge on any atom is -0.460 e. The SMILES string of the molecule is CNC(=O)Oc1ccccc1OC(CBr)OC.